The van der Waals surface area contributed by atoms with Crippen molar-refractivity contribution in [2.75, 3.05) is 19.8 Å². The van der Waals surface area contributed by atoms with Crippen LogP contribution in [0, 0.1) is 11.7 Å². The fourth-order valence-electron chi connectivity index (χ4n) is 7.37. The van der Waals surface area contributed by atoms with Gasteiger partial charge in [-0.15, -0.1) is 0 Å². The predicted molar refractivity (Wildman–Crippen MR) is 172 cm³/mol. The molecule has 1 N–H and O–H groups in total. The molecule has 1 aliphatic heterocycles. The number of carbonyl (C=O) groups excluding carboxylic acids is 1. The number of halogens is 4. The Balaban J connectivity index is 1.18. The normalized spacial score (nSPS) is 19.8. The van der Waals surface area contributed by atoms with Gasteiger partial charge in [0.15, 0.2) is 0 Å². The summed E-state index contributed by atoms with van der Waals surface area (Å²) in [5.74, 6) is 0.0555. The van der Waals surface area contributed by atoms with Crippen molar-refractivity contribution in [1.29, 1.82) is 0 Å². The maximum Gasteiger partial charge on any atom is 0.449 e. The molecule has 1 saturated carbocycles. The van der Waals surface area contributed by atoms with E-state index in [1.54, 1.807) is 38.1 Å². The van der Waals surface area contributed by atoms with E-state index in [9.17, 15) is 22.4 Å². The van der Waals surface area contributed by atoms with E-state index in [0.717, 1.165) is 47.1 Å². The number of benzene rings is 3. The summed E-state index contributed by atoms with van der Waals surface area (Å²) >= 11 is 0. The highest BCUT2D eigenvalue weighted by atomic mass is 19.4. The largest absolute Gasteiger partial charge is 0.493 e. The number of carbonyl (C=O) groups is 1. The highest BCUT2D eigenvalue weighted by Crippen LogP contribution is 2.43. The first-order chi connectivity index (χ1) is 22.5. The minimum absolute atomic E-state index is 0.0361. The van der Waals surface area contributed by atoms with Crippen molar-refractivity contribution in [3.63, 3.8) is 0 Å². The van der Waals surface area contributed by atoms with Crippen LogP contribution < -0.4 is 14.8 Å². The molecular formula is C36H40F4N4O3. The van der Waals surface area contributed by atoms with Gasteiger partial charge in [0.2, 0.25) is 5.82 Å². The van der Waals surface area contributed by atoms with Gasteiger partial charge in [-0.1, -0.05) is 12.1 Å². The summed E-state index contributed by atoms with van der Waals surface area (Å²) in [6.45, 7) is 9.69. The zero-order valence-electron chi connectivity index (χ0n) is 27.0. The third-order valence-corrected chi connectivity index (χ3v) is 9.29. The molecule has 7 nitrogen and oxygen atoms in total. The van der Waals surface area contributed by atoms with Crippen LogP contribution in [-0.2, 0) is 12.7 Å². The molecule has 0 bridgehead atoms. The lowest BCUT2D eigenvalue weighted by atomic mass is 9.99. The third kappa shape index (κ3) is 6.54. The fourth-order valence-corrected chi connectivity index (χ4v) is 7.37. The van der Waals surface area contributed by atoms with E-state index in [0.29, 0.717) is 42.3 Å². The summed E-state index contributed by atoms with van der Waals surface area (Å²) in [5, 5.41) is 3.18. The molecule has 1 amide bonds. The Bertz CT molecular complexity index is 1720. The van der Waals surface area contributed by atoms with Crippen LogP contribution in [0.4, 0.5) is 17.6 Å². The number of rotatable bonds is 10. The molecule has 1 saturated heterocycles. The average molecular weight is 653 g/mol. The van der Waals surface area contributed by atoms with Crippen LogP contribution in [0.5, 0.6) is 11.5 Å². The lowest BCUT2D eigenvalue weighted by Crippen LogP contribution is -2.39. The summed E-state index contributed by atoms with van der Waals surface area (Å²) in [5.41, 5.74) is 3.45. The lowest BCUT2D eigenvalue weighted by molar-refractivity contribution is -0.147. The SMILES string of the molecule is CCOc1cc(CN2CC[C@H]3C(NC(=O)c4ccc5c(c4)nc(C(F)(F)F)n5C(C)C)CC[C@H]32)cc(OCC)c1-c1ccc(F)cc1. The number of alkyl halides is 3. The Kier molecular flexibility index (Phi) is 9.20. The number of fused-ring (bicyclic) bond motifs is 2. The van der Waals surface area contributed by atoms with Gasteiger partial charge in [0, 0.05) is 30.2 Å². The van der Waals surface area contributed by atoms with Gasteiger partial charge < -0.3 is 19.4 Å². The van der Waals surface area contributed by atoms with Crippen molar-refractivity contribution in [1.82, 2.24) is 19.8 Å². The highest BCUT2D eigenvalue weighted by Gasteiger charge is 2.44. The van der Waals surface area contributed by atoms with E-state index in [1.807, 2.05) is 26.0 Å². The number of aromatic nitrogens is 2. The topological polar surface area (TPSA) is 68.6 Å². The third-order valence-electron chi connectivity index (χ3n) is 9.29. The quantitative estimate of drug-likeness (QED) is 0.176. The number of amides is 1. The van der Waals surface area contributed by atoms with Gasteiger partial charge in [-0.05, 0) is 113 Å². The first-order valence-electron chi connectivity index (χ1n) is 16.3. The molecule has 1 aromatic heterocycles. The number of nitrogens with zero attached hydrogens (tertiary/aromatic N) is 3. The number of likely N-dealkylation sites (tertiary alicyclic amines) is 1. The van der Waals surface area contributed by atoms with Crippen LogP contribution in [0.3, 0.4) is 0 Å². The molecule has 4 aromatic rings. The van der Waals surface area contributed by atoms with E-state index < -0.39 is 18.0 Å². The summed E-state index contributed by atoms with van der Waals surface area (Å²) in [7, 11) is 0. The molecule has 1 unspecified atom stereocenters. The Morgan fingerprint density at radius 1 is 0.979 bits per heavy atom. The van der Waals surface area contributed by atoms with Gasteiger partial charge in [-0.2, -0.15) is 13.2 Å². The summed E-state index contributed by atoms with van der Waals surface area (Å²) < 4.78 is 68.0. The molecule has 0 radical (unpaired) electrons. The van der Waals surface area contributed by atoms with E-state index in [2.05, 4.69) is 15.2 Å². The number of hydrogen-bond acceptors (Lipinski definition) is 5. The Morgan fingerprint density at radius 3 is 2.28 bits per heavy atom. The minimum atomic E-state index is -4.60. The zero-order valence-corrected chi connectivity index (χ0v) is 27.0. The second-order valence-electron chi connectivity index (χ2n) is 12.6. The zero-order chi connectivity index (χ0) is 33.5. The summed E-state index contributed by atoms with van der Waals surface area (Å²) in [6, 6.07) is 14.8. The lowest BCUT2D eigenvalue weighted by Gasteiger charge is -2.26. The Hall–Kier alpha value is -4.12. The second kappa shape index (κ2) is 13.2. The monoisotopic (exact) mass is 652 g/mol. The molecule has 3 atom stereocenters. The van der Waals surface area contributed by atoms with E-state index in [-0.39, 0.29) is 35.2 Å². The molecule has 0 spiro atoms. The van der Waals surface area contributed by atoms with Gasteiger partial charge in [0.05, 0.1) is 29.8 Å². The summed E-state index contributed by atoms with van der Waals surface area (Å²) in [4.78, 5) is 19.7. The number of ether oxygens (including phenoxy) is 2. The molecule has 3 aromatic carbocycles. The van der Waals surface area contributed by atoms with Crippen LogP contribution in [-0.4, -0.2) is 52.2 Å². The van der Waals surface area contributed by atoms with Crippen LogP contribution in [0.15, 0.2) is 54.6 Å². The average Bonchev–Trinajstić information content (AvgIpc) is 3.73. The van der Waals surface area contributed by atoms with Gasteiger partial charge in [0.25, 0.3) is 5.91 Å². The van der Waals surface area contributed by atoms with Gasteiger partial charge >= 0.3 is 6.18 Å². The van der Waals surface area contributed by atoms with E-state index in [4.69, 9.17) is 9.47 Å². The van der Waals surface area contributed by atoms with E-state index in [1.165, 1.54) is 18.2 Å². The highest BCUT2D eigenvalue weighted by molar-refractivity contribution is 5.97. The van der Waals surface area contributed by atoms with Crippen molar-refractivity contribution in [2.45, 2.75) is 77.8 Å². The Morgan fingerprint density at radius 2 is 1.66 bits per heavy atom. The summed E-state index contributed by atoms with van der Waals surface area (Å²) in [6.07, 6.45) is -1.93. The molecule has 11 heteroatoms. The standard InChI is InChI=1S/C36H40F4N4O3/c1-5-46-31-17-22(18-32(47-6-2)33(31)23-7-10-25(37)11-8-23)20-43-16-15-26-27(12-14-29(26)43)41-34(45)24-9-13-30-28(19-24)42-35(36(38,39)40)44(30)21(3)4/h7-11,13,17-19,21,26-27,29H,5-6,12,14-16,20H2,1-4H3,(H,41,45)/t26-,27?,29+/m0/s1. The van der Waals surface area contributed by atoms with E-state index >= 15 is 0 Å². The first-order valence-corrected chi connectivity index (χ1v) is 16.3. The van der Waals surface area contributed by atoms with Gasteiger partial charge in [0.1, 0.15) is 17.3 Å². The van der Waals surface area contributed by atoms with Crippen LogP contribution in [0.2, 0.25) is 0 Å². The smallest absolute Gasteiger partial charge is 0.449 e. The first kappa shape index (κ1) is 32.8. The molecule has 1 aliphatic carbocycles. The molecular weight excluding hydrogens is 612 g/mol. The maximum absolute atomic E-state index is 13.7. The van der Waals surface area contributed by atoms with Crippen molar-refractivity contribution < 1.29 is 31.8 Å². The predicted octanol–water partition coefficient (Wildman–Crippen LogP) is 8.02. The Labute approximate surface area is 271 Å². The van der Waals surface area contributed by atoms with Crippen LogP contribution in [0.25, 0.3) is 22.2 Å². The molecule has 47 heavy (non-hydrogen) atoms. The minimum Gasteiger partial charge on any atom is -0.493 e. The molecule has 2 fully saturated rings. The van der Waals surface area contributed by atoms with Gasteiger partial charge in [-0.3, -0.25) is 9.69 Å². The molecule has 2 heterocycles. The van der Waals surface area contributed by atoms with Crippen LogP contribution >= 0.6 is 0 Å². The molecule has 250 valence electrons. The number of imidazole rings is 1. The molecule has 2 aliphatic rings. The van der Waals surface area contributed by atoms with Crippen molar-refractivity contribution in [2.24, 2.45) is 5.92 Å². The second-order valence-corrected chi connectivity index (χ2v) is 12.6. The van der Waals surface area contributed by atoms with Crippen molar-refractivity contribution in [3.8, 4) is 22.6 Å². The maximum atomic E-state index is 13.7. The van der Waals surface area contributed by atoms with Crippen molar-refractivity contribution in [3.05, 3.63) is 77.4 Å². The number of hydrogen-bond donors (Lipinski definition) is 1. The van der Waals surface area contributed by atoms with Crippen molar-refractivity contribution >= 4 is 16.9 Å². The fraction of sp³-hybridized carbons (Fsp3) is 0.444. The number of nitrogens with one attached hydrogen (secondary N) is 1. The molecule has 6 rings (SSSR count). The van der Waals surface area contributed by atoms with Gasteiger partial charge in [-0.25, -0.2) is 9.37 Å². The van der Waals surface area contributed by atoms with Crippen LogP contribution in [0.1, 0.15) is 74.7 Å².